The lowest BCUT2D eigenvalue weighted by atomic mass is 10.0. The maximum absolute atomic E-state index is 10.7. The van der Waals surface area contributed by atoms with Crippen LogP contribution in [0, 0.1) is 16.0 Å². The quantitative estimate of drug-likeness (QED) is 0.546. The summed E-state index contributed by atoms with van der Waals surface area (Å²) in [6.07, 6.45) is 4.08. The molecule has 110 valence electrons. The van der Waals surface area contributed by atoms with Crippen LogP contribution < -0.4 is 5.32 Å². The van der Waals surface area contributed by atoms with E-state index >= 15 is 0 Å². The number of aromatic hydroxyl groups is 1. The van der Waals surface area contributed by atoms with E-state index in [1.807, 2.05) is 0 Å². The van der Waals surface area contributed by atoms with Gasteiger partial charge in [0.15, 0.2) is 0 Å². The lowest BCUT2D eigenvalue weighted by molar-refractivity contribution is -0.384. The van der Waals surface area contributed by atoms with E-state index < -0.39 is 11.0 Å². The minimum absolute atomic E-state index is 0.0263. The maximum Gasteiger partial charge on any atom is 0.270 e. The van der Waals surface area contributed by atoms with E-state index in [-0.39, 0.29) is 11.4 Å². The molecular weight excluding hydrogens is 260 g/mol. The van der Waals surface area contributed by atoms with Gasteiger partial charge in [0.2, 0.25) is 0 Å². The van der Waals surface area contributed by atoms with Crippen LogP contribution >= 0.6 is 0 Å². The molecule has 1 aromatic rings. The van der Waals surface area contributed by atoms with Gasteiger partial charge in [-0.05, 0) is 24.8 Å². The van der Waals surface area contributed by atoms with Crippen LogP contribution in [0.1, 0.15) is 31.2 Å². The third-order valence-corrected chi connectivity index (χ3v) is 3.89. The van der Waals surface area contributed by atoms with Gasteiger partial charge in [-0.3, -0.25) is 10.1 Å². The number of nitrogens with zero attached hydrogens (tertiary/aromatic N) is 1. The SMILES string of the molecule is O=[N+]([O-])c1ccc(O)c(CNCC(O)C2CCCC2)c1. The Balaban J connectivity index is 1.87. The molecule has 0 saturated heterocycles. The Hall–Kier alpha value is -1.66. The third kappa shape index (κ3) is 3.68. The van der Waals surface area contributed by atoms with Crippen molar-refractivity contribution in [3.05, 3.63) is 33.9 Å². The standard InChI is InChI=1S/C14H20N2O4/c17-13-6-5-12(16(19)20)7-11(13)8-15-9-14(18)10-3-1-2-4-10/h5-7,10,14-15,17-18H,1-4,8-9H2. The van der Waals surface area contributed by atoms with Gasteiger partial charge < -0.3 is 15.5 Å². The highest BCUT2D eigenvalue weighted by Crippen LogP contribution is 2.27. The van der Waals surface area contributed by atoms with Gasteiger partial charge in [0.1, 0.15) is 5.75 Å². The van der Waals surface area contributed by atoms with E-state index in [0.29, 0.717) is 24.6 Å². The molecule has 0 aliphatic heterocycles. The second kappa shape index (κ2) is 6.67. The molecule has 1 aromatic carbocycles. The number of rotatable bonds is 6. The molecule has 6 heteroatoms. The Morgan fingerprint density at radius 2 is 2.10 bits per heavy atom. The summed E-state index contributed by atoms with van der Waals surface area (Å²) in [6.45, 7) is 0.740. The zero-order valence-corrected chi connectivity index (χ0v) is 11.3. The van der Waals surface area contributed by atoms with E-state index in [1.54, 1.807) is 0 Å². The molecule has 1 saturated carbocycles. The topological polar surface area (TPSA) is 95.6 Å². The monoisotopic (exact) mass is 280 g/mol. The van der Waals surface area contributed by atoms with E-state index in [2.05, 4.69) is 5.32 Å². The van der Waals surface area contributed by atoms with Crippen molar-refractivity contribution in [1.82, 2.24) is 5.32 Å². The molecule has 1 atom stereocenters. The largest absolute Gasteiger partial charge is 0.508 e. The summed E-state index contributed by atoms with van der Waals surface area (Å²) < 4.78 is 0. The number of aliphatic hydroxyl groups excluding tert-OH is 1. The fourth-order valence-corrected chi connectivity index (χ4v) is 2.69. The average molecular weight is 280 g/mol. The molecular formula is C14H20N2O4. The number of nitro benzene ring substituents is 1. The highest BCUT2D eigenvalue weighted by molar-refractivity contribution is 5.42. The lowest BCUT2D eigenvalue weighted by Gasteiger charge is -2.18. The normalized spacial score (nSPS) is 17.2. The van der Waals surface area contributed by atoms with Crippen LogP contribution in [0.3, 0.4) is 0 Å². The van der Waals surface area contributed by atoms with Gasteiger partial charge in [-0.15, -0.1) is 0 Å². The average Bonchev–Trinajstić information content (AvgIpc) is 2.94. The second-order valence-electron chi connectivity index (χ2n) is 5.31. The summed E-state index contributed by atoms with van der Waals surface area (Å²) in [6, 6.07) is 3.94. The van der Waals surface area contributed by atoms with E-state index in [9.17, 15) is 20.3 Å². The molecule has 20 heavy (non-hydrogen) atoms. The summed E-state index contributed by atoms with van der Waals surface area (Å²) in [5, 5.41) is 33.4. The van der Waals surface area contributed by atoms with Crippen molar-refractivity contribution in [2.75, 3.05) is 6.54 Å². The molecule has 3 N–H and O–H groups in total. The molecule has 2 rings (SSSR count). The minimum atomic E-state index is -0.490. The first-order chi connectivity index (χ1) is 9.58. The molecule has 0 radical (unpaired) electrons. The van der Waals surface area contributed by atoms with Crippen LogP contribution in [-0.2, 0) is 6.54 Å². The molecule has 1 fully saturated rings. The van der Waals surface area contributed by atoms with Gasteiger partial charge in [0.25, 0.3) is 5.69 Å². The fraction of sp³-hybridized carbons (Fsp3) is 0.571. The van der Waals surface area contributed by atoms with Crippen molar-refractivity contribution in [1.29, 1.82) is 0 Å². The van der Waals surface area contributed by atoms with Crippen LogP contribution in [0.2, 0.25) is 0 Å². The van der Waals surface area contributed by atoms with Gasteiger partial charge in [-0.1, -0.05) is 12.8 Å². The fourth-order valence-electron chi connectivity index (χ4n) is 2.69. The zero-order valence-electron chi connectivity index (χ0n) is 11.3. The van der Waals surface area contributed by atoms with Crippen molar-refractivity contribution in [3.8, 4) is 5.75 Å². The minimum Gasteiger partial charge on any atom is -0.508 e. The molecule has 0 bridgehead atoms. The highest BCUT2D eigenvalue weighted by Gasteiger charge is 2.22. The van der Waals surface area contributed by atoms with Gasteiger partial charge >= 0.3 is 0 Å². The number of nitro groups is 1. The number of nitrogens with one attached hydrogen (secondary N) is 1. The van der Waals surface area contributed by atoms with E-state index in [0.717, 1.165) is 12.8 Å². The van der Waals surface area contributed by atoms with Gasteiger partial charge in [0.05, 0.1) is 11.0 Å². The number of benzene rings is 1. The summed E-state index contributed by atoms with van der Waals surface area (Å²) in [5.74, 6) is 0.375. The van der Waals surface area contributed by atoms with E-state index in [4.69, 9.17) is 0 Å². The van der Waals surface area contributed by atoms with Crippen LogP contribution in [0.25, 0.3) is 0 Å². The van der Waals surface area contributed by atoms with Crippen molar-refractivity contribution < 1.29 is 15.1 Å². The van der Waals surface area contributed by atoms with Gasteiger partial charge in [-0.25, -0.2) is 0 Å². The van der Waals surface area contributed by atoms with Crippen LogP contribution in [0.15, 0.2) is 18.2 Å². The Morgan fingerprint density at radius 1 is 1.40 bits per heavy atom. The first-order valence-electron chi connectivity index (χ1n) is 6.93. The molecule has 6 nitrogen and oxygen atoms in total. The molecule has 0 heterocycles. The predicted octanol–water partition coefficient (Wildman–Crippen LogP) is 1.94. The highest BCUT2D eigenvalue weighted by atomic mass is 16.6. The molecule has 1 aliphatic carbocycles. The van der Waals surface area contributed by atoms with Crippen molar-refractivity contribution in [2.24, 2.45) is 5.92 Å². The number of hydrogen-bond donors (Lipinski definition) is 3. The van der Waals surface area contributed by atoms with Crippen molar-refractivity contribution >= 4 is 5.69 Å². The Kier molecular flexibility index (Phi) is 4.92. The Labute approximate surface area is 117 Å². The van der Waals surface area contributed by atoms with Crippen molar-refractivity contribution in [3.63, 3.8) is 0 Å². The molecule has 0 amide bonds. The third-order valence-electron chi connectivity index (χ3n) is 3.89. The lowest BCUT2D eigenvalue weighted by Crippen LogP contribution is -2.31. The summed E-state index contributed by atoms with van der Waals surface area (Å²) in [5.41, 5.74) is 0.425. The van der Waals surface area contributed by atoms with Crippen molar-refractivity contribution in [2.45, 2.75) is 38.3 Å². The molecule has 1 unspecified atom stereocenters. The number of aliphatic hydroxyl groups is 1. The first kappa shape index (κ1) is 14.7. The number of hydrogen-bond acceptors (Lipinski definition) is 5. The van der Waals surface area contributed by atoms with Crippen LogP contribution in [-0.4, -0.2) is 27.8 Å². The summed E-state index contributed by atoms with van der Waals surface area (Å²) in [7, 11) is 0. The predicted molar refractivity (Wildman–Crippen MR) is 74.4 cm³/mol. The Morgan fingerprint density at radius 3 is 2.75 bits per heavy atom. The Bertz CT molecular complexity index is 472. The smallest absolute Gasteiger partial charge is 0.270 e. The van der Waals surface area contributed by atoms with Crippen LogP contribution in [0.4, 0.5) is 5.69 Å². The number of phenolic OH excluding ortho intramolecular Hbond substituents is 1. The second-order valence-corrected chi connectivity index (χ2v) is 5.31. The number of phenols is 1. The molecule has 0 aromatic heterocycles. The van der Waals surface area contributed by atoms with E-state index in [1.165, 1.54) is 31.0 Å². The van der Waals surface area contributed by atoms with Gasteiger partial charge in [0, 0.05) is 30.8 Å². The molecule has 1 aliphatic rings. The van der Waals surface area contributed by atoms with Crippen LogP contribution in [0.5, 0.6) is 5.75 Å². The van der Waals surface area contributed by atoms with Gasteiger partial charge in [-0.2, -0.15) is 0 Å². The summed E-state index contributed by atoms with van der Waals surface area (Å²) in [4.78, 5) is 10.2. The number of non-ortho nitro benzene ring substituents is 1. The summed E-state index contributed by atoms with van der Waals surface area (Å²) >= 11 is 0. The molecule has 0 spiro atoms. The zero-order chi connectivity index (χ0) is 14.5. The first-order valence-corrected chi connectivity index (χ1v) is 6.93. The maximum atomic E-state index is 10.7.